The van der Waals surface area contributed by atoms with Crippen molar-refractivity contribution in [3.63, 3.8) is 0 Å². The van der Waals surface area contributed by atoms with Gasteiger partial charge in [0.25, 0.3) is 0 Å². The van der Waals surface area contributed by atoms with E-state index in [1.165, 1.54) is 0 Å². The molecule has 3 aromatic carbocycles. The van der Waals surface area contributed by atoms with Crippen LogP contribution in [0.3, 0.4) is 0 Å². The molecule has 0 fully saturated rings. The van der Waals surface area contributed by atoms with Gasteiger partial charge in [0.1, 0.15) is 0 Å². The van der Waals surface area contributed by atoms with Gasteiger partial charge < -0.3 is 10.6 Å². The number of nitrogens with zero attached hydrogens (tertiary/aromatic N) is 2. The zero-order valence-corrected chi connectivity index (χ0v) is 14.7. The molecule has 0 unspecified atom stereocenters. The molecule has 2 heterocycles. The largest absolute Gasteiger partial charge is 0.352 e. The number of hydrogen-bond acceptors (Lipinski definition) is 4. The molecule has 4 nitrogen and oxygen atoms in total. The zero-order chi connectivity index (χ0) is 14.5. The summed E-state index contributed by atoms with van der Waals surface area (Å²) < 4.78 is 0. The molecule has 0 aliphatic carbocycles. The molecule has 105 valence electrons. The number of anilines is 4. The van der Waals surface area contributed by atoms with Gasteiger partial charge in [-0.1, -0.05) is 24.3 Å². The quantitative estimate of drug-likeness (QED) is 0.332. The standard InChI is InChI=1S/C18H12N4.Na/c1-2-6-12-11(5-1)19-15-9-17-18(10-16(15)20-12)22-14-8-4-3-7-13(14)21-17;/h1-10,19-20H;. The number of benzene rings is 3. The second-order valence-electron chi connectivity index (χ2n) is 5.39. The molecule has 0 spiro atoms. The Morgan fingerprint density at radius 3 is 1.43 bits per heavy atom. The molecule has 0 saturated carbocycles. The second kappa shape index (κ2) is 5.49. The minimum atomic E-state index is 0. The van der Waals surface area contributed by atoms with E-state index in [1.807, 2.05) is 48.5 Å². The number of para-hydroxylation sites is 4. The van der Waals surface area contributed by atoms with Gasteiger partial charge in [-0.3, -0.25) is 0 Å². The van der Waals surface area contributed by atoms with Gasteiger partial charge in [-0.15, -0.1) is 0 Å². The minimum absolute atomic E-state index is 0. The summed E-state index contributed by atoms with van der Waals surface area (Å²) in [5, 5.41) is 6.90. The van der Waals surface area contributed by atoms with Gasteiger partial charge in [0.05, 0.1) is 44.8 Å². The Balaban J connectivity index is 0.00000135. The van der Waals surface area contributed by atoms with Crippen LogP contribution in [-0.2, 0) is 0 Å². The fourth-order valence-electron chi connectivity index (χ4n) is 2.87. The van der Waals surface area contributed by atoms with E-state index >= 15 is 0 Å². The van der Waals surface area contributed by atoms with Crippen molar-refractivity contribution < 1.29 is 0 Å². The molecule has 0 atom stereocenters. The van der Waals surface area contributed by atoms with E-state index < -0.39 is 0 Å². The summed E-state index contributed by atoms with van der Waals surface area (Å²) in [6, 6.07) is 20.2. The van der Waals surface area contributed by atoms with Crippen molar-refractivity contribution in [3.05, 3.63) is 60.7 Å². The number of rotatable bonds is 0. The van der Waals surface area contributed by atoms with Crippen molar-refractivity contribution in [3.8, 4) is 0 Å². The summed E-state index contributed by atoms with van der Waals surface area (Å²) in [7, 11) is 0. The summed E-state index contributed by atoms with van der Waals surface area (Å²) in [4.78, 5) is 9.42. The molecular formula is C18H12N4Na. The Hall–Kier alpha value is -2.14. The zero-order valence-electron chi connectivity index (χ0n) is 12.7. The molecule has 1 aromatic heterocycles. The van der Waals surface area contributed by atoms with Gasteiger partial charge in [0.2, 0.25) is 0 Å². The van der Waals surface area contributed by atoms with E-state index in [0.29, 0.717) is 0 Å². The average molecular weight is 307 g/mol. The molecule has 23 heavy (non-hydrogen) atoms. The third-order valence-corrected chi connectivity index (χ3v) is 3.94. The Kier molecular flexibility index (Phi) is 3.45. The fraction of sp³-hybridized carbons (Fsp3) is 0. The number of nitrogens with one attached hydrogen (secondary N) is 2. The van der Waals surface area contributed by atoms with E-state index in [-0.39, 0.29) is 29.6 Å². The Bertz CT molecular complexity index is 962. The minimum Gasteiger partial charge on any atom is -0.352 e. The van der Waals surface area contributed by atoms with Crippen LogP contribution in [0.5, 0.6) is 0 Å². The average Bonchev–Trinajstić information content (AvgIpc) is 2.56. The van der Waals surface area contributed by atoms with E-state index in [9.17, 15) is 0 Å². The molecule has 1 aliphatic heterocycles. The van der Waals surface area contributed by atoms with Crippen molar-refractivity contribution in [2.45, 2.75) is 0 Å². The summed E-state index contributed by atoms with van der Waals surface area (Å²) in [6.07, 6.45) is 0. The van der Waals surface area contributed by atoms with Gasteiger partial charge in [-0.25, -0.2) is 9.97 Å². The summed E-state index contributed by atoms with van der Waals surface area (Å²) in [6.45, 7) is 0. The van der Waals surface area contributed by atoms with Crippen LogP contribution in [-0.4, -0.2) is 39.5 Å². The molecule has 1 aliphatic rings. The van der Waals surface area contributed by atoms with Crippen LogP contribution in [0.25, 0.3) is 22.1 Å². The van der Waals surface area contributed by atoms with Gasteiger partial charge in [-0.05, 0) is 36.4 Å². The van der Waals surface area contributed by atoms with Crippen LogP contribution in [0, 0.1) is 0 Å². The smallest absolute Gasteiger partial charge is 0.0916 e. The van der Waals surface area contributed by atoms with E-state index in [0.717, 1.165) is 44.8 Å². The molecular weight excluding hydrogens is 295 g/mol. The third kappa shape index (κ3) is 2.36. The molecule has 0 amide bonds. The van der Waals surface area contributed by atoms with Crippen molar-refractivity contribution in [2.75, 3.05) is 10.6 Å². The van der Waals surface area contributed by atoms with E-state index in [2.05, 4.69) is 22.8 Å². The molecule has 1 radical (unpaired) electrons. The number of hydrogen-bond donors (Lipinski definition) is 2. The van der Waals surface area contributed by atoms with Crippen molar-refractivity contribution >= 4 is 74.4 Å². The first-order valence-electron chi connectivity index (χ1n) is 7.20. The molecule has 4 aromatic rings. The van der Waals surface area contributed by atoms with Crippen LogP contribution < -0.4 is 10.6 Å². The maximum absolute atomic E-state index is 4.71. The first-order chi connectivity index (χ1) is 10.9. The SMILES string of the molecule is [Na].c1ccc2c(c1)Nc1cc3nc4ccccc4nc3cc1N2. The van der Waals surface area contributed by atoms with Gasteiger partial charge in [0, 0.05) is 29.6 Å². The van der Waals surface area contributed by atoms with Gasteiger partial charge in [0.15, 0.2) is 0 Å². The van der Waals surface area contributed by atoms with Crippen LogP contribution in [0.1, 0.15) is 0 Å². The van der Waals surface area contributed by atoms with Crippen LogP contribution in [0.4, 0.5) is 22.7 Å². The second-order valence-corrected chi connectivity index (χ2v) is 5.39. The third-order valence-electron chi connectivity index (χ3n) is 3.94. The molecule has 2 N–H and O–H groups in total. The summed E-state index contributed by atoms with van der Waals surface area (Å²) in [5.74, 6) is 0. The first kappa shape index (κ1) is 14.5. The molecule has 0 saturated heterocycles. The normalized spacial score (nSPS) is 11.8. The Morgan fingerprint density at radius 2 is 0.957 bits per heavy atom. The van der Waals surface area contributed by atoms with Crippen molar-refractivity contribution in [1.82, 2.24) is 9.97 Å². The topological polar surface area (TPSA) is 49.8 Å². The monoisotopic (exact) mass is 307 g/mol. The number of aromatic nitrogens is 2. The Morgan fingerprint density at radius 1 is 0.522 bits per heavy atom. The molecule has 5 heteroatoms. The van der Waals surface area contributed by atoms with Gasteiger partial charge in [-0.2, -0.15) is 0 Å². The summed E-state index contributed by atoms with van der Waals surface area (Å²) in [5.41, 5.74) is 7.81. The molecule has 0 bridgehead atoms. The number of fused-ring (bicyclic) bond motifs is 4. The maximum atomic E-state index is 4.71. The van der Waals surface area contributed by atoms with Crippen LogP contribution in [0.15, 0.2) is 60.7 Å². The Labute approximate surface area is 155 Å². The van der Waals surface area contributed by atoms with E-state index in [1.54, 1.807) is 0 Å². The predicted molar refractivity (Wildman–Crippen MR) is 95.8 cm³/mol. The maximum Gasteiger partial charge on any atom is 0.0916 e. The molecule has 5 rings (SSSR count). The van der Waals surface area contributed by atoms with Crippen LogP contribution >= 0.6 is 0 Å². The van der Waals surface area contributed by atoms with Crippen molar-refractivity contribution in [2.24, 2.45) is 0 Å². The first-order valence-corrected chi connectivity index (χ1v) is 7.20. The fourth-order valence-corrected chi connectivity index (χ4v) is 2.87. The predicted octanol–water partition coefficient (Wildman–Crippen LogP) is 4.20. The van der Waals surface area contributed by atoms with Crippen LogP contribution in [0.2, 0.25) is 0 Å². The van der Waals surface area contributed by atoms with Crippen molar-refractivity contribution in [1.29, 1.82) is 0 Å². The van der Waals surface area contributed by atoms with E-state index in [4.69, 9.17) is 9.97 Å². The van der Waals surface area contributed by atoms with Gasteiger partial charge >= 0.3 is 0 Å². The summed E-state index contributed by atoms with van der Waals surface area (Å²) >= 11 is 0.